The van der Waals surface area contributed by atoms with Crippen LogP contribution in [0, 0.1) is 11.6 Å². The van der Waals surface area contributed by atoms with Crippen LogP contribution in [0.3, 0.4) is 0 Å². The number of nitrogens with one attached hydrogen (secondary N) is 1. The summed E-state index contributed by atoms with van der Waals surface area (Å²) in [5, 5.41) is 3.86. The fraction of sp³-hybridized carbons (Fsp3) is 0.412. The standard InChI is InChI=1S/C34H34ClF6N7O4S/c1-3-52-11-10-47-28-25(5-4-22(35)27(28)31(45-47)46-53(2,50)51)48-32(23(42)14-17-12-19(36)15-20(37)13-17)44-30-26(33(48)49)21(29(38)39)16-24(43-30)18-6-8-34(40,41)9-7-18/h4-5,12-13,15-16,18,23,29H,3,6-11,14,42H2,1-2H3,(H,45,46)/t23-/m0/s1. The van der Waals surface area contributed by atoms with Crippen LogP contribution in [0.15, 0.2) is 41.2 Å². The quantitative estimate of drug-likeness (QED) is 0.102. The second-order valence-corrected chi connectivity index (χ2v) is 15.1. The molecule has 1 saturated carbocycles. The number of fused-ring (bicyclic) bond motifs is 2. The van der Waals surface area contributed by atoms with E-state index in [1.54, 1.807) is 6.92 Å². The monoisotopic (exact) mass is 785 g/mol. The summed E-state index contributed by atoms with van der Waals surface area (Å²) in [4.78, 5) is 23.7. The van der Waals surface area contributed by atoms with E-state index in [0.717, 1.165) is 29.0 Å². The van der Waals surface area contributed by atoms with E-state index in [2.05, 4.69) is 19.8 Å². The average Bonchev–Trinajstić information content (AvgIpc) is 3.41. The van der Waals surface area contributed by atoms with Crippen molar-refractivity contribution in [1.29, 1.82) is 0 Å². The van der Waals surface area contributed by atoms with Crippen molar-refractivity contribution in [2.75, 3.05) is 24.2 Å². The molecule has 1 aliphatic carbocycles. The molecule has 1 atom stereocenters. The first-order valence-corrected chi connectivity index (χ1v) is 18.8. The predicted molar refractivity (Wildman–Crippen MR) is 186 cm³/mol. The van der Waals surface area contributed by atoms with Gasteiger partial charge in [-0.25, -0.2) is 44.7 Å². The Morgan fingerprint density at radius 3 is 2.38 bits per heavy atom. The number of ether oxygens (including phenoxy) is 1. The average molecular weight is 786 g/mol. The predicted octanol–water partition coefficient (Wildman–Crippen LogP) is 6.94. The highest BCUT2D eigenvalue weighted by molar-refractivity contribution is 7.92. The van der Waals surface area contributed by atoms with Crippen LogP contribution in [-0.2, 0) is 27.7 Å². The molecule has 11 nitrogen and oxygen atoms in total. The molecule has 0 saturated heterocycles. The minimum atomic E-state index is -3.92. The molecule has 6 rings (SSSR count). The van der Waals surface area contributed by atoms with Gasteiger partial charge in [0.2, 0.25) is 15.9 Å². The summed E-state index contributed by atoms with van der Waals surface area (Å²) < 4.78 is 121. The maximum Gasteiger partial charge on any atom is 0.268 e. The summed E-state index contributed by atoms with van der Waals surface area (Å²) in [7, 11) is -3.92. The Morgan fingerprint density at radius 1 is 1.08 bits per heavy atom. The number of sulfonamides is 1. The second kappa shape index (κ2) is 14.9. The highest BCUT2D eigenvalue weighted by atomic mass is 35.5. The molecule has 0 unspecified atom stereocenters. The van der Waals surface area contributed by atoms with Crippen molar-refractivity contribution in [1.82, 2.24) is 24.3 Å². The first-order chi connectivity index (χ1) is 25.0. The van der Waals surface area contributed by atoms with Gasteiger partial charge in [0.25, 0.3) is 12.0 Å². The summed E-state index contributed by atoms with van der Waals surface area (Å²) >= 11 is 6.60. The van der Waals surface area contributed by atoms with Crippen LogP contribution in [0.2, 0.25) is 5.02 Å². The number of anilines is 1. The third-order valence-corrected chi connectivity index (χ3v) is 9.87. The number of nitrogens with zero attached hydrogens (tertiary/aromatic N) is 5. The van der Waals surface area contributed by atoms with Crippen molar-refractivity contribution in [3.63, 3.8) is 0 Å². The molecule has 5 aromatic rings. The maximum atomic E-state index is 14.9. The van der Waals surface area contributed by atoms with Crippen LogP contribution < -0.4 is 16.0 Å². The molecule has 0 bridgehead atoms. The summed E-state index contributed by atoms with van der Waals surface area (Å²) in [6.07, 6.45) is -3.66. The van der Waals surface area contributed by atoms with Crippen LogP contribution in [0.1, 0.15) is 73.6 Å². The Hall–Kier alpha value is -4.26. The maximum absolute atomic E-state index is 14.9. The molecule has 19 heteroatoms. The molecule has 0 radical (unpaired) electrons. The van der Waals surface area contributed by atoms with Crippen LogP contribution in [0.5, 0.6) is 0 Å². The number of hydrogen-bond acceptors (Lipinski definition) is 8. The van der Waals surface area contributed by atoms with Crippen LogP contribution in [-0.4, -0.2) is 58.1 Å². The molecular formula is C34H34ClF6N7O4S. The minimum absolute atomic E-state index is 0.0104. The third kappa shape index (κ3) is 8.14. The van der Waals surface area contributed by atoms with Gasteiger partial charge in [-0.15, -0.1) is 0 Å². The van der Waals surface area contributed by atoms with Gasteiger partial charge in [0, 0.05) is 42.7 Å². The van der Waals surface area contributed by atoms with E-state index >= 15 is 0 Å². The van der Waals surface area contributed by atoms with Gasteiger partial charge in [-0.2, -0.15) is 5.10 Å². The number of nitrogens with two attached hydrogens (primary N) is 1. The van der Waals surface area contributed by atoms with E-state index in [1.165, 1.54) is 16.8 Å². The van der Waals surface area contributed by atoms with Crippen LogP contribution in [0.4, 0.5) is 32.2 Å². The lowest BCUT2D eigenvalue weighted by Crippen LogP contribution is -2.31. The molecule has 0 spiro atoms. The van der Waals surface area contributed by atoms with E-state index in [0.29, 0.717) is 12.7 Å². The second-order valence-electron chi connectivity index (χ2n) is 12.9. The molecule has 3 heterocycles. The fourth-order valence-corrected chi connectivity index (χ4v) is 7.40. The van der Waals surface area contributed by atoms with Crippen LogP contribution >= 0.6 is 11.6 Å². The number of aromatic nitrogens is 5. The van der Waals surface area contributed by atoms with Crippen molar-refractivity contribution in [2.24, 2.45) is 5.73 Å². The van der Waals surface area contributed by atoms with Gasteiger partial charge in [-0.1, -0.05) is 11.6 Å². The lowest BCUT2D eigenvalue weighted by atomic mass is 9.84. The molecule has 0 aliphatic heterocycles. The number of hydrogen-bond donors (Lipinski definition) is 2. The number of rotatable bonds is 12. The van der Waals surface area contributed by atoms with Crippen molar-refractivity contribution in [3.05, 3.63) is 86.1 Å². The molecule has 1 aliphatic rings. The van der Waals surface area contributed by atoms with Gasteiger partial charge < -0.3 is 10.5 Å². The van der Waals surface area contributed by atoms with E-state index in [9.17, 15) is 39.6 Å². The first-order valence-electron chi connectivity index (χ1n) is 16.5. The van der Waals surface area contributed by atoms with E-state index in [-0.39, 0.29) is 76.9 Å². The molecule has 284 valence electrons. The topological polar surface area (TPSA) is 147 Å². The molecule has 53 heavy (non-hydrogen) atoms. The van der Waals surface area contributed by atoms with Gasteiger partial charge >= 0.3 is 0 Å². The lowest BCUT2D eigenvalue weighted by Gasteiger charge is -2.28. The Morgan fingerprint density at radius 2 is 1.75 bits per heavy atom. The largest absolute Gasteiger partial charge is 0.380 e. The molecule has 3 aromatic heterocycles. The van der Waals surface area contributed by atoms with E-state index < -0.39 is 81.0 Å². The Labute approximate surface area is 304 Å². The number of alkyl halides is 4. The highest BCUT2D eigenvalue weighted by Crippen LogP contribution is 2.42. The van der Waals surface area contributed by atoms with Crippen molar-refractivity contribution >= 4 is 49.4 Å². The van der Waals surface area contributed by atoms with Gasteiger partial charge in [-0.05, 0) is 62.1 Å². The Kier molecular flexibility index (Phi) is 10.8. The highest BCUT2D eigenvalue weighted by Gasteiger charge is 2.37. The van der Waals surface area contributed by atoms with Gasteiger partial charge in [0.15, 0.2) is 11.5 Å². The molecule has 3 N–H and O–H groups in total. The zero-order valence-corrected chi connectivity index (χ0v) is 29.9. The van der Waals surface area contributed by atoms with Gasteiger partial charge in [0.05, 0.1) is 52.4 Å². The molecule has 0 amide bonds. The van der Waals surface area contributed by atoms with Gasteiger partial charge in [-0.3, -0.25) is 18.8 Å². The summed E-state index contributed by atoms with van der Waals surface area (Å²) in [5.41, 5.74) is 4.57. The Balaban J connectivity index is 1.66. The zero-order chi connectivity index (χ0) is 38.4. The van der Waals surface area contributed by atoms with Crippen molar-refractivity contribution in [2.45, 2.75) is 69.9 Å². The lowest BCUT2D eigenvalue weighted by molar-refractivity contribution is -0.0384. The smallest absolute Gasteiger partial charge is 0.268 e. The summed E-state index contributed by atoms with van der Waals surface area (Å²) in [5.74, 6) is -5.80. The van der Waals surface area contributed by atoms with Crippen LogP contribution in [0.25, 0.3) is 27.6 Å². The fourth-order valence-electron chi connectivity index (χ4n) is 6.67. The molecule has 1 fully saturated rings. The van der Waals surface area contributed by atoms with E-state index in [1.807, 2.05) is 0 Å². The first kappa shape index (κ1) is 38.5. The number of pyridine rings is 1. The van der Waals surface area contributed by atoms with Crippen molar-refractivity contribution in [3.8, 4) is 5.69 Å². The molecular weight excluding hydrogens is 752 g/mol. The van der Waals surface area contributed by atoms with Gasteiger partial charge in [0.1, 0.15) is 17.5 Å². The summed E-state index contributed by atoms with van der Waals surface area (Å²) in [6, 6.07) is 5.12. The summed E-state index contributed by atoms with van der Waals surface area (Å²) in [6.45, 7) is 2.16. The third-order valence-electron chi connectivity index (χ3n) is 8.99. The Bertz CT molecular complexity index is 2340. The zero-order valence-electron chi connectivity index (χ0n) is 28.4. The molecule has 2 aromatic carbocycles. The number of benzene rings is 2. The number of halogens is 7. The normalized spacial score (nSPS) is 15.8. The van der Waals surface area contributed by atoms with E-state index in [4.69, 9.17) is 22.1 Å². The SMILES string of the molecule is CCOCCn1nc(NS(C)(=O)=O)c2c(Cl)ccc(-n3c([C@@H](N)Cc4cc(F)cc(F)c4)nc4nc(C5CCC(F)(F)CC5)cc(C(F)F)c4c3=O)c21. The van der Waals surface area contributed by atoms with Crippen molar-refractivity contribution < 1.29 is 39.5 Å². The minimum Gasteiger partial charge on any atom is -0.380 e.